The third kappa shape index (κ3) is 6.17. The van der Waals surface area contributed by atoms with Crippen LogP contribution in [0.3, 0.4) is 0 Å². The van der Waals surface area contributed by atoms with Gasteiger partial charge in [-0.25, -0.2) is 0 Å². The van der Waals surface area contributed by atoms with Gasteiger partial charge in [0.1, 0.15) is 6.61 Å². The fourth-order valence-electron chi connectivity index (χ4n) is 0.715. The van der Waals surface area contributed by atoms with E-state index in [2.05, 4.69) is 4.74 Å². The predicted octanol–water partition coefficient (Wildman–Crippen LogP) is 0.946. The molecule has 0 aromatic carbocycles. The van der Waals surface area contributed by atoms with Crippen LogP contribution in [0.25, 0.3) is 0 Å². The van der Waals surface area contributed by atoms with Crippen molar-refractivity contribution in [1.82, 2.24) is 0 Å². The molecule has 0 radical (unpaired) electrons. The molecule has 0 amide bonds. The van der Waals surface area contributed by atoms with E-state index in [-0.39, 0.29) is 26.2 Å². The van der Waals surface area contributed by atoms with Crippen LogP contribution in [0.5, 0.6) is 0 Å². The Kier molecular flexibility index (Phi) is 5.40. The first-order valence-corrected chi connectivity index (χ1v) is 4.19. The monoisotopic (exact) mass is 216 g/mol. The largest absolute Gasteiger partial charge is 0.411 e. The van der Waals surface area contributed by atoms with Gasteiger partial charge in [0.05, 0.1) is 13.2 Å². The second kappa shape index (κ2) is 5.53. The predicted molar refractivity (Wildman–Crippen MR) is 43.8 cm³/mol. The SMILES string of the molecule is CC(CO)(CO)CCOCC(F)(F)F. The van der Waals surface area contributed by atoms with E-state index in [1.54, 1.807) is 6.92 Å². The van der Waals surface area contributed by atoms with Gasteiger partial charge >= 0.3 is 6.18 Å². The summed E-state index contributed by atoms with van der Waals surface area (Å²) >= 11 is 0. The van der Waals surface area contributed by atoms with Crippen LogP contribution in [-0.2, 0) is 4.74 Å². The summed E-state index contributed by atoms with van der Waals surface area (Å²) in [6.45, 7) is -0.404. The summed E-state index contributed by atoms with van der Waals surface area (Å²) in [4.78, 5) is 0. The van der Waals surface area contributed by atoms with Crippen LogP contribution in [0.1, 0.15) is 13.3 Å². The van der Waals surface area contributed by atoms with Gasteiger partial charge in [0.15, 0.2) is 0 Å². The highest BCUT2D eigenvalue weighted by atomic mass is 19.4. The second-order valence-electron chi connectivity index (χ2n) is 3.54. The van der Waals surface area contributed by atoms with Crippen molar-refractivity contribution in [2.24, 2.45) is 5.41 Å². The van der Waals surface area contributed by atoms with Crippen LogP contribution in [0, 0.1) is 5.41 Å². The number of rotatable bonds is 6. The molecule has 0 rings (SSSR count). The van der Waals surface area contributed by atoms with Crippen LogP contribution in [0.4, 0.5) is 13.2 Å². The summed E-state index contributed by atoms with van der Waals surface area (Å²) in [6.07, 6.45) is -4.13. The quantitative estimate of drug-likeness (QED) is 0.650. The molecule has 3 nitrogen and oxygen atoms in total. The average molecular weight is 216 g/mol. The van der Waals surface area contributed by atoms with Gasteiger partial charge in [-0.05, 0) is 6.42 Å². The molecule has 14 heavy (non-hydrogen) atoms. The van der Waals surface area contributed by atoms with Crippen LogP contribution in [0.15, 0.2) is 0 Å². The van der Waals surface area contributed by atoms with E-state index in [0.29, 0.717) is 0 Å². The zero-order valence-electron chi connectivity index (χ0n) is 7.97. The lowest BCUT2D eigenvalue weighted by atomic mass is 9.89. The number of alkyl halides is 3. The van der Waals surface area contributed by atoms with Gasteiger partial charge in [-0.15, -0.1) is 0 Å². The highest BCUT2D eigenvalue weighted by molar-refractivity contribution is 4.71. The highest BCUT2D eigenvalue weighted by Gasteiger charge is 2.28. The number of aliphatic hydroxyl groups is 2. The summed E-state index contributed by atoms with van der Waals surface area (Å²) in [5, 5.41) is 17.6. The lowest BCUT2D eigenvalue weighted by molar-refractivity contribution is -0.176. The second-order valence-corrected chi connectivity index (χ2v) is 3.54. The van der Waals surface area contributed by atoms with E-state index in [4.69, 9.17) is 10.2 Å². The zero-order chi connectivity index (χ0) is 11.2. The molecule has 0 fully saturated rings. The maximum atomic E-state index is 11.6. The lowest BCUT2D eigenvalue weighted by Crippen LogP contribution is -2.28. The van der Waals surface area contributed by atoms with Crippen LogP contribution < -0.4 is 0 Å². The molecule has 0 aliphatic heterocycles. The highest BCUT2D eigenvalue weighted by Crippen LogP contribution is 2.20. The Morgan fingerprint density at radius 1 is 1.14 bits per heavy atom. The minimum absolute atomic E-state index is 0.128. The van der Waals surface area contributed by atoms with Crippen LogP contribution in [-0.4, -0.2) is 42.8 Å². The van der Waals surface area contributed by atoms with Gasteiger partial charge in [-0.3, -0.25) is 0 Å². The molecule has 0 heterocycles. The summed E-state index contributed by atoms with van der Waals surface area (Å²) in [5.74, 6) is 0. The van der Waals surface area contributed by atoms with Crippen molar-refractivity contribution < 1.29 is 28.1 Å². The molecule has 0 atom stereocenters. The molecular formula is C8H15F3O3. The lowest BCUT2D eigenvalue weighted by Gasteiger charge is -2.24. The van der Waals surface area contributed by atoms with Crippen molar-refractivity contribution in [1.29, 1.82) is 0 Å². The fraction of sp³-hybridized carbons (Fsp3) is 1.00. The maximum absolute atomic E-state index is 11.6. The minimum atomic E-state index is -4.32. The molecule has 0 saturated heterocycles. The van der Waals surface area contributed by atoms with E-state index < -0.39 is 18.2 Å². The Balaban J connectivity index is 3.63. The molecule has 0 unspecified atom stereocenters. The van der Waals surface area contributed by atoms with Gasteiger partial charge in [-0.2, -0.15) is 13.2 Å². The molecule has 0 aliphatic rings. The van der Waals surface area contributed by atoms with E-state index in [9.17, 15) is 13.2 Å². The smallest absolute Gasteiger partial charge is 0.396 e. The summed E-state index contributed by atoms with van der Waals surface area (Å²) < 4.78 is 39.2. The molecule has 0 aliphatic carbocycles. The fourth-order valence-corrected chi connectivity index (χ4v) is 0.715. The van der Waals surface area contributed by atoms with Gasteiger partial charge in [0, 0.05) is 12.0 Å². The number of hydrogen-bond acceptors (Lipinski definition) is 3. The number of ether oxygens (including phenoxy) is 1. The molecule has 0 aromatic rings. The first kappa shape index (κ1) is 13.7. The van der Waals surface area contributed by atoms with Gasteiger partial charge in [0.2, 0.25) is 0 Å². The molecule has 0 spiro atoms. The minimum Gasteiger partial charge on any atom is -0.396 e. The van der Waals surface area contributed by atoms with E-state index >= 15 is 0 Å². The van der Waals surface area contributed by atoms with Crippen molar-refractivity contribution in [3.63, 3.8) is 0 Å². The van der Waals surface area contributed by atoms with Crippen molar-refractivity contribution in [2.75, 3.05) is 26.4 Å². The van der Waals surface area contributed by atoms with Crippen molar-refractivity contribution in [3.05, 3.63) is 0 Å². The molecule has 0 saturated carbocycles. The number of halogens is 3. The van der Waals surface area contributed by atoms with Crippen LogP contribution in [0.2, 0.25) is 0 Å². The first-order valence-electron chi connectivity index (χ1n) is 4.19. The van der Waals surface area contributed by atoms with Gasteiger partial charge < -0.3 is 14.9 Å². The maximum Gasteiger partial charge on any atom is 0.411 e. The topological polar surface area (TPSA) is 49.7 Å². The summed E-state index contributed by atoms with van der Waals surface area (Å²) in [6, 6.07) is 0. The Morgan fingerprint density at radius 3 is 2.00 bits per heavy atom. The standard InChI is InChI=1S/C8H15F3O3/c1-7(4-12,5-13)2-3-14-6-8(9,10)11/h12-13H,2-6H2,1H3. The first-order chi connectivity index (χ1) is 6.33. The molecule has 2 N–H and O–H groups in total. The van der Waals surface area contributed by atoms with E-state index in [1.807, 2.05) is 0 Å². The van der Waals surface area contributed by atoms with Gasteiger partial charge in [-0.1, -0.05) is 6.92 Å². The Labute approximate surface area is 80.5 Å². The molecule has 0 aromatic heterocycles. The molecule has 6 heteroatoms. The zero-order valence-corrected chi connectivity index (χ0v) is 7.97. The Bertz CT molecular complexity index is 154. The third-order valence-electron chi connectivity index (χ3n) is 1.88. The molecule has 0 bridgehead atoms. The third-order valence-corrected chi connectivity index (χ3v) is 1.88. The summed E-state index contributed by atoms with van der Waals surface area (Å²) in [7, 11) is 0. The summed E-state index contributed by atoms with van der Waals surface area (Å²) in [5.41, 5.74) is -0.772. The number of aliphatic hydroxyl groups excluding tert-OH is 2. The average Bonchev–Trinajstić information content (AvgIpc) is 2.11. The molecular weight excluding hydrogens is 201 g/mol. The van der Waals surface area contributed by atoms with Crippen LogP contribution >= 0.6 is 0 Å². The van der Waals surface area contributed by atoms with E-state index in [0.717, 1.165) is 0 Å². The van der Waals surface area contributed by atoms with Crippen molar-refractivity contribution in [2.45, 2.75) is 19.5 Å². The normalized spacial score (nSPS) is 13.3. The van der Waals surface area contributed by atoms with E-state index in [1.165, 1.54) is 0 Å². The van der Waals surface area contributed by atoms with Crippen molar-refractivity contribution in [3.8, 4) is 0 Å². The Morgan fingerprint density at radius 2 is 1.64 bits per heavy atom. The Hall–Kier alpha value is -0.330. The number of hydrogen-bond donors (Lipinski definition) is 2. The molecule has 86 valence electrons. The van der Waals surface area contributed by atoms with Gasteiger partial charge in [0.25, 0.3) is 0 Å². The van der Waals surface area contributed by atoms with Crippen molar-refractivity contribution >= 4 is 0 Å².